The van der Waals surface area contributed by atoms with E-state index in [1.807, 2.05) is 29.1 Å². The fourth-order valence-electron chi connectivity index (χ4n) is 3.96. The van der Waals surface area contributed by atoms with Gasteiger partial charge in [-0.2, -0.15) is 0 Å². The summed E-state index contributed by atoms with van der Waals surface area (Å²) in [6.07, 6.45) is 10.5. The van der Waals surface area contributed by atoms with E-state index in [1.165, 1.54) is 12.8 Å². The molecule has 3 heterocycles. The summed E-state index contributed by atoms with van der Waals surface area (Å²) < 4.78 is 1.98. The predicted molar refractivity (Wildman–Crippen MR) is 104 cm³/mol. The van der Waals surface area contributed by atoms with Crippen LogP contribution >= 0.6 is 11.3 Å². The van der Waals surface area contributed by atoms with Crippen molar-refractivity contribution < 1.29 is 4.79 Å². The minimum atomic E-state index is 0.141. The summed E-state index contributed by atoms with van der Waals surface area (Å²) >= 11 is 1.60. The maximum absolute atomic E-state index is 12.6. The third-order valence-corrected chi connectivity index (χ3v) is 6.72. The Morgan fingerprint density at radius 2 is 1.69 bits per heavy atom. The lowest BCUT2D eigenvalue weighted by Crippen LogP contribution is -2.44. The van der Waals surface area contributed by atoms with Crippen LogP contribution in [0.2, 0.25) is 0 Å². The Labute approximate surface area is 158 Å². The Kier molecular flexibility index (Phi) is 5.24. The number of rotatable bonds is 4. The molecule has 2 fully saturated rings. The van der Waals surface area contributed by atoms with Gasteiger partial charge in [-0.3, -0.25) is 9.36 Å². The third kappa shape index (κ3) is 3.92. The number of hydrogen-bond acceptors (Lipinski definition) is 5. The molecule has 6 nitrogen and oxygen atoms in total. The summed E-state index contributed by atoms with van der Waals surface area (Å²) in [7, 11) is 0. The first-order valence-electron chi connectivity index (χ1n) is 9.71. The molecule has 0 spiro atoms. The Bertz CT molecular complexity index is 712. The van der Waals surface area contributed by atoms with Crippen LogP contribution in [0.25, 0.3) is 5.13 Å². The molecule has 1 N–H and O–H groups in total. The molecule has 2 aromatic heterocycles. The third-order valence-electron chi connectivity index (χ3n) is 5.73. The highest BCUT2D eigenvalue weighted by molar-refractivity contribution is 7.17. The van der Waals surface area contributed by atoms with Gasteiger partial charge in [-0.05, 0) is 56.6 Å². The standard InChI is InChI=1S/C19H27N5OS/c1-14-4-6-16(7-5-14)20-17(25)15-8-12-24(13-9-15)19-22-21-18(26-19)23-10-2-3-11-23/h2-3,10-11,14-16H,4-9,12-13H2,1H3,(H,20,25). The minimum absolute atomic E-state index is 0.141. The van der Waals surface area contributed by atoms with Crippen LogP contribution in [-0.4, -0.2) is 39.8 Å². The summed E-state index contributed by atoms with van der Waals surface area (Å²) in [5, 5.41) is 13.8. The van der Waals surface area contributed by atoms with Gasteiger partial charge in [0.25, 0.3) is 0 Å². The van der Waals surface area contributed by atoms with E-state index in [0.29, 0.717) is 6.04 Å². The number of amides is 1. The van der Waals surface area contributed by atoms with Crippen LogP contribution in [0, 0.1) is 11.8 Å². The van der Waals surface area contributed by atoms with Crippen molar-refractivity contribution in [2.24, 2.45) is 11.8 Å². The number of hydrogen-bond donors (Lipinski definition) is 1. The molecule has 2 aromatic rings. The van der Waals surface area contributed by atoms with Crippen LogP contribution in [-0.2, 0) is 4.79 Å². The van der Waals surface area contributed by atoms with Gasteiger partial charge < -0.3 is 10.2 Å². The lowest BCUT2D eigenvalue weighted by molar-refractivity contribution is -0.126. The van der Waals surface area contributed by atoms with Crippen molar-refractivity contribution in [3.8, 4) is 5.13 Å². The molecular weight excluding hydrogens is 346 g/mol. The van der Waals surface area contributed by atoms with E-state index in [4.69, 9.17) is 0 Å². The molecule has 4 rings (SSSR count). The van der Waals surface area contributed by atoms with E-state index < -0.39 is 0 Å². The average molecular weight is 374 g/mol. The highest BCUT2D eigenvalue weighted by atomic mass is 32.1. The van der Waals surface area contributed by atoms with Gasteiger partial charge in [0.05, 0.1) is 0 Å². The lowest BCUT2D eigenvalue weighted by atomic mass is 9.86. The maximum atomic E-state index is 12.6. The van der Waals surface area contributed by atoms with E-state index >= 15 is 0 Å². The maximum Gasteiger partial charge on any atom is 0.223 e. The van der Waals surface area contributed by atoms with Crippen molar-refractivity contribution in [2.45, 2.75) is 51.5 Å². The number of piperidine rings is 1. The second-order valence-corrected chi connectivity index (χ2v) is 8.62. The van der Waals surface area contributed by atoms with Crippen LogP contribution in [0.1, 0.15) is 45.4 Å². The lowest BCUT2D eigenvalue weighted by Gasteiger charge is -2.33. The second-order valence-electron chi connectivity index (χ2n) is 7.68. The zero-order valence-electron chi connectivity index (χ0n) is 15.3. The van der Waals surface area contributed by atoms with Gasteiger partial charge in [0.2, 0.25) is 16.2 Å². The summed E-state index contributed by atoms with van der Waals surface area (Å²) in [4.78, 5) is 14.9. The van der Waals surface area contributed by atoms with Crippen molar-refractivity contribution in [3.05, 3.63) is 24.5 Å². The summed E-state index contributed by atoms with van der Waals surface area (Å²) in [5.41, 5.74) is 0. The molecule has 0 unspecified atom stereocenters. The molecule has 1 amide bonds. The number of anilines is 1. The quantitative estimate of drug-likeness (QED) is 0.894. The Balaban J connectivity index is 1.28. The van der Waals surface area contributed by atoms with Gasteiger partial charge in [0, 0.05) is 37.4 Å². The highest BCUT2D eigenvalue weighted by Gasteiger charge is 2.29. The molecule has 0 aromatic carbocycles. The first-order chi connectivity index (χ1) is 12.7. The van der Waals surface area contributed by atoms with Crippen LogP contribution in [0.15, 0.2) is 24.5 Å². The molecular formula is C19H27N5OS. The highest BCUT2D eigenvalue weighted by Crippen LogP contribution is 2.28. The van der Waals surface area contributed by atoms with E-state index in [2.05, 4.69) is 27.3 Å². The molecule has 0 atom stereocenters. The van der Waals surface area contributed by atoms with Gasteiger partial charge >= 0.3 is 0 Å². The molecule has 26 heavy (non-hydrogen) atoms. The van der Waals surface area contributed by atoms with Crippen molar-refractivity contribution in [1.82, 2.24) is 20.1 Å². The van der Waals surface area contributed by atoms with Gasteiger partial charge in [0.1, 0.15) is 0 Å². The topological polar surface area (TPSA) is 63.1 Å². The fraction of sp³-hybridized carbons (Fsp3) is 0.632. The van der Waals surface area contributed by atoms with Crippen molar-refractivity contribution in [1.29, 1.82) is 0 Å². The zero-order chi connectivity index (χ0) is 17.9. The smallest absolute Gasteiger partial charge is 0.223 e. The number of nitrogens with one attached hydrogen (secondary N) is 1. The normalized spacial score (nSPS) is 24.6. The molecule has 1 aliphatic heterocycles. The first-order valence-corrected chi connectivity index (χ1v) is 10.5. The van der Waals surface area contributed by atoms with Gasteiger partial charge in [-0.15, -0.1) is 10.2 Å². The summed E-state index contributed by atoms with van der Waals surface area (Å²) in [6.45, 7) is 4.06. The van der Waals surface area contributed by atoms with Crippen molar-refractivity contribution >= 4 is 22.4 Å². The van der Waals surface area contributed by atoms with Crippen molar-refractivity contribution in [2.75, 3.05) is 18.0 Å². The first kappa shape index (κ1) is 17.5. The van der Waals surface area contributed by atoms with E-state index in [-0.39, 0.29) is 11.8 Å². The van der Waals surface area contributed by atoms with E-state index in [1.54, 1.807) is 11.3 Å². The average Bonchev–Trinajstić information content (AvgIpc) is 3.35. The molecule has 1 saturated carbocycles. The number of carbonyl (C=O) groups is 1. The molecule has 1 saturated heterocycles. The minimum Gasteiger partial charge on any atom is -0.353 e. The van der Waals surface area contributed by atoms with Crippen molar-refractivity contribution in [3.63, 3.8) is 0 Å². The Morgan fingerprint density at radius 3 is 2.38 bits per heavy atom. The molecule has 7 heteroatoms. The molecule has 140 valence electrons. The van der Waals surface area contributed by atoms with Crippen LogP contribution < -0.4 is 10.2 Å². The van der Waals surface area contributed by atoms with Crippen LogP contribution in [0.4, 0.5) is 5.13 Å². The van der Waals surface area contributed by atoms with Gasteiger partial charge in [-0.25, -0.2) is 0 Å². The van der Waals surface area contributed by atoms with Crippen LogP contribution in [0.5, 0.6) is 0 Å². The largest absolute Gasteiger partial charge is 0.353 e. The fourth-order valence-corrected chi connectivity index (χ4v) is 4.82. The monoisotopic (exact) mass is 373 g/mol. The van der Waals surface area contributed by atoms with Gasteiger partial charge in [-0.1, -0.05) is 18.3 Å². The van der Waals surface area contributed by atoms with Crippen LogP contribution in [0.3, 0.4) is 0 Å². The molecule has 1 aliphatic carbocycles. The molecule has 0 bridgehead atoms. The molecule has 2 aliphatic rings. The Hall–Kier alpha value is -1.89. The Morgan fingerprint density at radius 1 is 1.04 bits per heavy atom. The predicted octanol–water partition coefficient (Wildman–Crippen LogP) is 3.24. The number of aromatic nitrogens is 3. The zero-order valence-corrected chi connectivity index (χ0v) is 16.1. The number of nitrogens with zero attached hydrogens (tertiary/aromatic N) is 4. The SMILES string of the molecule is CC1CCC(NC(=O)C2CCN(c3nnc(-n4cccc4)s3)CC2)CC1. The summed E-state index contributed by atoms with van der Waals surface area (Å²) in [5.74, 6) is 1.21. The molecule has 0 radical (unpaired) electrons. The van der Waals surface area contributed by atoms with E-state index in [9.17, 15) is 4.79 Å². The van der Waals surface area contributed by atoms with E-state index in [0.717, 1.165) is 55.0 Å². The summed E-state index contributed by atoms with van der Waals surface area (Å²) in [6, 6.07) is 4.36. The second kappa shape index (κ2) is 7.78. The van der Waals surface area contributed by atoms with Gasteiger partial charge in [0.15, 0.2) is 0 Å². The number of carbonyl (C=O) groups excluding carboxylic acids is 1.